The molecule has 6 nitrogen and oxygen atoms in total. The molecule has 2 rings (SSSR count). The number of hydrogen-bond acceptors (Lipinski definition) is 4. The number of nitrogens with one attached hydrogen (secondary N) is 2. The number of anilines is 1. The first-order valence-corrected chi connectivity index (χ1v) is 8.36. The minimum absolute atomic E-state index is 0.0372. The number of sulfone groups is 1. The first kappa shape index (κ1) is 15.4. The van der Waals surface area contributed by atoms with Crippen LogP contribution in [0.4, 0.5) is 5.69 Å². The van der Waals surface area contributed by atoms with E-state index in [9.17, 15) is 13.2 Å². The fourth-order valence-corrected chi connectivity index (χ4v) is 2.16. The third kappa shape index (κ3) is 3.02. The van der Waals surface area contributed by atoms with E-state index in [2.05, 4.69) is 10.3 Å². The monoisotopic (exact) mass is 309 g/mol. The zero-order chi connectivity index (χ0) is 15.8. The van der Waals surface area contributed by atoms with Gasteiger partial charge in [-0.2, -0.15) is 0 Å². The molecule has 0 aliphatic rings. The van der Waals surface area contributed by atoms with Crippen LogP contribution < -0.4 is 11.1 Å². The molecule has 0 aliphatic heterocycles. The van der Waals surface area contributed by atoms with Crippen molar-refractivity contribution in [2.75, 3.05) is 18.5 Å². The number of para-hydroxylation sites is 1. The zero-order valence-corrected chi connectivity index (χ0v) is 13.0. The van der Waals surface area contributed by atoms with Gasteiger partial charge in [0, 0.05) is 18.2 Å². The molecular weight excluding hydrogens is 290 g/mol. The molecule has 0 aliphatic carbocycles. The molecule has 114 valence electrons. The second-order valence-electron chi connectivity index (χ2n) is 5.71. The highest BCUT2D eigenvalue weighted by Crippen LogP contribution is 2.21. The molecule has 1 amide bonds. The molecule has 21 heavy (non-hydrogen) atoms. The van der Waals surface area contributed by atoms with Crippen molar-refractivity contribution in [2.24, 2.45) is 0 Å². The summed E-state index contributed by atoms with van der Waals surface area (Å²) in [5, 5.41) is 3.47. The molecule has 0 saturated heterocycles. The molecule has 1 aromatic heterocycles. The number of benzene rings is 1. The smallest absolute Gasteiger partial charge is 0.267 e. The van der Waals surface area contributed by atoms with Gasteiger partial charge in [-0.15, -0.1) is 0 Å². The van der Waals surface area contributed by atoms with E-state index < -0.39 is 14.6 Å². The van der Waals surface area contributed by atoms with Crippen molar-refractivity contribution < 1.29 is 13.2 Å². The second-order valence-corrected chi connectivity index (χ2v) is 8.36. The Morgan fingerprint density at radius 1 is 1.38 bits per heavy atom. The average Bonchev–Trinajstić information content (AvgIpc) is 2.80. The number of amides is 1. The van der Waals surface area contributed by atoms with E-state index in [1.807, 2.05) is 6.07 Å². The summed E-state index contributed by atoms with van der Waals surface area (Å²) in [6.45, 7) is 3.19. The van der Waals surface area contributed by atoms with E-state index in [-0.39, 0.29) is 12.5 Å². The maximum atomic E-state index is 12.1. The lowest BCUT2D eigenvalue weighted by molar-refractivity contribution is 0.0946. The summed E-state index contributed by atoms with van der Waals surface area (Å²) in [7, 11) is -3.26. The van der Waals surface area contributed by atoms with Crippen LogP contribution in [-0.2, 0) is 9.84 Å². The summed E-state index contributed by atoms with van der Waals surface area (Å²) in [6.07, 6.45) is 1.16. The molecular formula is C14H19N3O3S. The van der Waals surface area contributed by atoms with Gasteiger partial charge < -0.3 is 16.0 Å². The van der Waals surface area contributed by atoms with Gasteiger partial charge in [-0.3, -0.25) is 4.79 Å². The average molecular weight is 309 g/mol. The van der Waals surface area contributed by atoms with Crippen LogP contribution in [0.15, 0.2) is 24.3 Å². The Morgan fingerprint density at radius 2 is 2.05 bits per heavy atom. The van der Waals surface area contributed by atoms with Crippen LogP contribution in [0.5, 0.6) is 0 Å². The van der Waals surface area contributed by atoms with Gasteiger partial charge >= 0.3 is 0 Å². The summed E-state index contributed by atoms with van der Waals surface area (Å²) in [5.41, 5.74) is 7.44. The number of aromatic amines is 1. The molecule has 0 spiro atoms. The van der Waals surface area contributed by atoms with Crippen LogP contribution in [0.2, 0.25) is 0 Å². The van der Waals surface area contributed by atoms with Gasteiger partial charge in [0.15, 0.2) is 9.84 Å². The molecule has 0 atom stereocenters. The van der Waals surface area contributed by atoms with Crippen LogP contribution in [0.1, 0.15) is 24.3 Å². The van der Waals surface area contributed by atoms with E-state index >= 15 is 0 Å². The van der Waals surface area contributed by atoms with Crippen LogP contribution in [0, 0.1) is 0 Å². The highest BCUT2D eigenvalue weighted by atomic mass is 32.2. The second kappa shape index (κ2) is 5.07. The first-order valence-electron chi connectivity index (χ1n) is 6.47. The van der Waals surface area contributed by atoms with Gasteiger partial charge in [0.25, 0.3) is 5.91 Å². The van der Waals surface area contributed by atoms with Gasteiger partial charge in [0.05, 0.1) is 16.0 Å². The Labute approximate surface area is 123 Å². The van der Waals surface area contributed by atoms with Gasteiger partial charge in [0.1, 0.15) is 5.69 Å². The van der Waals surface area contributed by atoms with E-state index in [4.69, 9.17) is 5.73 Å². The van der Waals surface area contributed by atoms with Crippen molar-refractivity contribution in [3.63, 3.8) is 0 Å². The Kier molecular flexibility index (Phi) is 3.71. The third-order valence-electron chi connectivity index (χ3n) is 3.61. The largest absolute Gasteiger partial charge is 0.397 e. The van der Waals surface area contributed by atoms with Crippen molar-refractivity contribution in [1.82, 2.24) is 10.3 Å². The fraction of sp³-hybridized carbons (Fsp3) is 0.357. The van der Waals surface area contributed by atoms with Crippen molar-refractivity contribution in [3.8, 4) is 0 Å². The van der Waals surface area contributed by atoms with Gasteiger partial charge in [-0.25, -0.2) is 8.42 Å². The topological polar surface area (TPSA) is 105 Å². The highest BCUT2D eigenvalue weighted by Gasteiger charge is 2.30. The SMILES string of the molecule is CC(C)(CNC(=O)c1cc2cccc(N)c2[nH]1)S(C)(=O)=O. The molecule has 7 heteroatoms. The lowest BCUT2D eigenvalue weighted by Gasteiger charge is -2.22. The molecule has 4 N–H and O–H groups in total. The molecule has 0 radical (unpaired) electrons. The predicted molar refractivity (Wildman–Crippen MR) is 84.0 cm³/mol. The fourth-order valence-electron chi connectivity index (χ4n) is 1.82. The van der Waals surface area contributed by atoms with Crippen molar-refractivity contribution in [2.45, 2.75) is 18.6 Å². The quantitative estimate of drug-likeness (QED) is 0.740. The number of fused-ring (bicyclic) bond motifs is 1. The maximum Gasteiger partial charge on any atom is 0.267 e. The summed E-state index contributed by atoms with van der Waals surface area (Å²) in [6, 6.07) is 7.08. The lowest BCUT2D eigenvalue weighted by atomic mass is 10.2. The summed E-state index contributed by atoms with van der Waals surface area (Å²) < 4.78 is 22.2. The van der Waals surface area contributed by atoms with Crippen molar-refractivity contribution in [1.29, 1.82) is 0 Å². The number of carbonyl (C=O) groups is 1. The number of nitrogens with two attached hydrogens (primary N) is 1. The number of H-pyrrole nitrogens is 1. The normalized spacial score (nSPS) is 12.5. The summed E-state index contributed by atoms with van der Waals surface area (Å²) in [4.78, 5) is 15.1. The zero-order valence-electron chi connectivity index (χ0n) is 12.2. The lowest BCUT2D eigenvalue weighted by Crippen LogP contribution is -2.43. The summed E-state index contributed by atoms with van der Waals surface area (Å²) >= 11 is 0. The van der Waals surface area contributed by atoms with E-state index in [0.29, 0.717) is 16.9 Å². The van der Waals surface area contributed by atoms with Crippen LogP contribution in [0.3, 0.4) is 0 Å². The van der Waals surface area contributed by atoms with E-state index in [1.165, 1.54) is 0 Å². The van der Waals surface area contributed by atoms with Crippen LogP contribution in [0.25, 0.3) is 10.9 Å². The molecule has 1 aromatic carbocycles. The number of aromatic nitrogens is 1. The van der Waals surface area contributed by atoms with E-state index in [1.54, 1.807) is 32.0 Å². The minimum atomic E-state index is -3.26. The number of carbonyl (C=O) groups excluding carboxylic acids is 1. The molecule has 0 saturated carbocycles. The minimum Gasteiger partial charge on any atom is -0.397 e. The Hall–Kier alpha value is -2.02. The van der Waals surface area contributed by atoms with Crippen LogP contribution in [-0.4, -0.2) is 36.9 Å². The Morgan fingerprint density at radius 3 is 2.62 bits per heavy atom. The van der Waals surface area contributed by atoms with Gasteiger partial charge in [-0.05, 0) is 26.0 Å². The first-order chi connectivity index (χ1) is 9.62. The van der Waals surface area contributed by atoms with Gasteiger partial charge in [-0.1, -0.05) is 12.1 Å². The molecule has 2 aromatic rings. The summed E-state index contributed by atoms with van der Waals surface area (Å²) in [5.74, 6) is -0.359. The Balaban J connectivity index is 2.18. The molecule has 0 bridgehead atoms. The number of rotatable bonds is 4. The third-order valence-corrected chi connectivity index (χ3v) is 5.76. The van der Waals surface area contributed by atoms with E-state index in [0.717, 1.165) is 11.6 Å². The molecule has 0 fully saturated rings. The highest BCUT2D eigenvalue weighted by molar-refractivity contribution is 7.92. The standard InChI is InChI=1S/C14H19N3O3S/c1-14(2,21(3,19)20)8-16-13(18)11-7-9-5-4-6-10(15)12(9)17-11/h4-7,17H,8,15H2,1-3H3,(H,16,18). The molecule has 0 unspecified atom stereocenters. The van der Waals surface area contributed by atoms with Crippen LogP contribution >= 0.6 is 0 Å². The number of hydrogen-bond donors (Lipinski definition) is 3. The number of nitrogen functional groups attached to an aromatic ring is 1. The molecule has 1 heterocycles. The van der Waals surface area contributed by atoms with Gasteiger partial charge in [0.2, 0.25) is 0 Å². The Bertz CT molecular complexity index is 791. The predicted octanol–water partition coefficient (Wildman–Crippen LogP) is 1.30. The maximum absolute atomic E-state index is 12.1. The van der Waals surface area contributed by atoms with Crippen molar-refractivity contribution in [3.05, 3.63) is 30.0 Å². The van der Waals surface area contributed by atoms with Crippen molar-refractivity contribution >= 4 is 32.3 Å².